The molecule has 1 saturated heterocycles. The molecular formula is C19H18F2N4O. The van der Waals surface area contributed by atoms with Gasteiger partial charge in [0.15, 0.2) is 5.82 Å². The van der Waals surface area contributed by atoms with Crippen LogP contribution in [0.5, 0.6) is 0 Å². The summed E-state index contributed by atoms with van der Waals surface area (Å²) in [6.07, 6.45) is 3.53. The van der Waals surface area contributed by atoms with E-state index in [2.05, 4.69) is 15.0 Å². The number of aromatic nitrogens is 3. The Labute approximate surface area is 149 Å². The highest BCUT2D eigenvalue weighted by molar-refractivity contribution is 5.66. The smallest absolute Gasteiger partial charge is 0.151 e. The second-order valence-electron chi connectivity index (χ2n) is 6.17. The third kappa shape index (κ3) is 3.17. The van der Waals surface area contributed by atoms with Crippen molar-refractivity contribution in [1.82, 2.24) is 14.8 Å². The zero-order valence-electron chi connectivity index (χ0n) is 14.3. The maximum absolute atomic E-state index is 14.0. The predicted molar refractivity (Wildman–Crippen MR) is 94.5 cm³/mol. The highest BCUT2D eigenvalue weighted by atomic mass is 19.1. The molecule has 1 aromatic carbocycles. The summed E-state index contributed by atoms with van der Waals surface area (Å²) in [4.78, 5) is 6.72. The molecule has 7 heteroatoms. The quantitative estimate of drug-likeness (QED) is 0.722. The minimum atomic E-state index is -0.653. The van der Waals surface area contributed by atoms with E-state index in [9.17, 15) is 8.78 Å². The molecule has 0 radical (unpaired) electrons. The van der Waals surface area contributed by atoms with Crippen LogP contribution in [0.25, 0.3) is 16.8 Å². The molecule has 3 aromatic rings. The van der Waals surface area contributed by atoms with E-state index in [1.165, 1.54) is 16.8 Å². The van der Waals surface area contributed by atoms with Crippen molar-refractivity contribution in [3.63, 3.8) is 0 Å². The van der Waals surface area contributed by atoms with Gasteiger partial charge in [0, 0.05) is 42.7 Å². The van der Waals surface area contributed by atoms with Crippen molar-refractivity contribution in [1.29, 1.82) is 0 Å². The zero-order chi connectivity index (χ0) is 18.1. The van der Waals surface area contributed by atoms with Gasteiger partial charge in [0.2, 0.25) is 0 Å². The lowest BCUT2D eigenvalue weighted by molar-refractivity contribution is 0.122. The number of pyridine rings is 1. The van der Waals surface area contributed by atoms with Crippen LogP contribution in [-0.4, -0.2) is 41.1 Å². The zero-order valence-corrected chi connectivity index (χ0v) is 14.3. The van der Waals surface area contributed by atoms with Gasteiger partial charge < -0.3 is 9.64 Å². The number of anilines is 1. The van der Waals surface area contributed by atoms with Crippen LogP contribution in [0.3, 0.4) is 0 Å². The van der Waals surface area contributed by atoms with Crippen molar-refractivity contribution < 1.29 is 13.5 Å². The third-order valence-electron chi connectivity index (χ3n) is 4.45. The molecule has 2 aromatic heterocycles. The molecule has 0 unspecified atom stereocenters. The highest BCUT2D eigenvalue weighted by Gasteiger charge is 2.15. The predicted octanol–water partition coefficient (Wildman–Crippen LogP) is 3.36. The Morgan fingerprint density at radius 3 is 2.58 bits per heavy atom. The van der Waals surface area contributed by atoms with Crippen molar-refractivity contribution in [3.8, 4) is 16.8 Å². The maximum Gasteiger partial charge on any atom is 0.151 e. The van der Waals surface area contributed by atoms with Crippen LogP contribution in [0.1, 0.15) is 5.69 Å². The molecule has 134 valence electrons. The van der Waals surface area contributed by atoms with Gasteiger partial charge in [-0.15, -0.1) is 0 Å². The standard InChI is InChI=1S/C19H18F2N4O/c1-13-16(12-25(23-13)18-4-3-15(20)10-17(18)21)14-2-5-19(22-11-14)24-6-8-26-9-7-24/h2-5,10-12H,6-9H2,1H3. The number of benzene rings is 1. The van der Waals surface area contributed by atoms with Gasteiger partial charge in [-0.3, -0.25) is 0 Å². The first-order valence-corrected chi connectivity index (χ1v) is 8.42. The second-order valence-corrected chi connectivity index (χ2v) is 6.17. The Hall–Kier alpha value is -2.80. The lowest BCUT2D eigenvalue weighted by Gasteiger charge is -2.27. The molecule has 1 aliphatic heterocycles. The number of hydrogen-bond donors (Lipinski definition) is 0. The van der Waals surface area contributed by atoms with Crippen molar-refractivity contribution >= 4 is 5.82 Å². The summed E-state index contributed by atoms with van der Waals surface area (Å²) in [6.45, 7) is 4.92. The normalized spacial score (nSPS) is 14.7. The maximum atomic E-state index is 14.0. The Morgan fingerprint density at radius 2 is 1.88 bits per heavy atom. The molecule has 0 amide bonds. The number of morpholine rings is 1. The lowest BCUT2D eigenvalue weighted by atomic mass is 10.1. The Kier molecular flexibility index (Phi) is 4.38. The van der Waals surface area contributed by atoms with E-state index in [1.807, 2.05) is 19.1 Å². The van der Waals surface area contributed by atoms with Crippen molar-refractivity contribution in [2.24, 2.45) is 0 Å². The van der Waals surface area contributed by atoms with Crippen molar-refractivity contribution in [2.45, 2.75) is 6.92 Å². The summed E-state index contributed by atoms with van der Waals surface area (Å²) in [5.74, 6) is -0.357. The molecule has 1 aliphatic rings. The van der Waals surface area contributed by atoms with E-state index >= 15 is 0 Å². The van der Waals surface area contributed by atoms with E-state index < -0.39 is 11.6 Å². The minimum Gasteiger partial charge on any atom is -0.378 e. The lowest BCUT2D eigenvalue weighted by Crippen LogP contribution is -2.36. The molecule has 0 N–H and O–H groups in total. The number of rotatable bonds is 3. The van der Waals surface area contributed by atoms with E-state index in [1.54, 1.807) is 12.4 Å². The van der Waals surface area contributed by atoms with Gasteiger partial charge in [-0.2, -0.15) is 5.10 Å². The molecule has 1 fully saturated rings. The molecule has 3 heterocycles. The molecule has 0 aliphatic carbocycles. The topological polar surface area (TPSA) is 43.2 Å². The van der Waals surface area contributed by atoms with Crippen LogP contribution in [-0.2, 0) is 4.74 Å². The van der Waals surface area contributed by atoms with Gasteiger partial charge in [0.25, 0.3) is 0 Å². The van der Waals surface area contributed by atoms with Crippen molar-refractivity contribution in [3.05, 3.63) is 60.1 Å². The van der Waals surface area contributed by atoms with Crippen LogP contribution in [0.15, 0.2) is 42.7 Å². The molecule has 0 saturated carbocycles. The van der Waals surface area contributed by atoms with E-state index in [0.717, 1.165) is 41.8 Å². The molecule has 5 nitrogen and oxygen atoms in total. The van der Waals surface area contributed by atoms with E-state index in [4.69, 9.17) is 4.74 Å². The number of aryl methyl sites for hydroxylation is 1. The first-order valence-electron chi connectivity index (χ1n) is 8.42. The van der Waals surface area contributed by atoms with Crippen LogP contribution < -0.4 is 4.90 Å². The van der Waals surface area contributed by atoms with E-state index in [-0.39, 0.29) is 5.69 Å². The number of halogens is 2. The number of nitrogens with zero attached hydrogens (tertiary/aromatic N) is 4. The fourth-order valence-electron chi connectivity index (χ4n) is 3.06. The average Bonchev–Trinajstić information content (AvgIpc) is 3.04. The van der Waals surface area contributed by atoms with Crippen LogP contribution in [0.2, 0.25) is 0 Å². The molecular weight excluding hydrogens is 338 g/mol. The van der Waals surface area contributed by atoms with Crippen LogP contribution >= 0.6 is 0 Å². The number of hydrogen-bond acceptors (Lipinski definition) is 4. The highest BCUT2D eigenvalue weighted by Crippen LogP contribution is 2.26. The molecule has 26 heavy (non-hydrogen) atoms. The van der Waals surface area contributed by atoms with Gasteiger partial charge in [-0.25, -0.2) is 18.4 Å². The van der Waals surface area contributed by atoms with Gasteiger partial charge in [-0.05, 0) is 31.2 Å². The average molecular weight is 356 g/mol. The summed E-state index contributed by atoms with van der Waals surface area (Å²) < 4.78 is 33.9. The summed E-state index contributed by atoms with van der Waals surface area (Å²) in [7, 11) is 0. The Bertz CT molecular complexity index is 918. The van der Waals surface area contributed by atoms with Gasteiger partial charge in [0.1, 0.15) is 17.3 Å². The largest absolute Gasteiger partial charge is 0.378 e. The Morgan fingerprint density at radius 1 is 1.08 bits per heavy atom. The first kappa shape index (κ1) is 16.7. The molecule has 0 bridgehead atoms. The molecule has 0 spiro atoms. The fraction of sp³-hybridized carbons (Fsp3) is 0.263. The van der Waals surface area contributed by atoms with Gasteiger partial charge in [0.05, 0.1) is 18.9 Å². The number of ether oxygens (including phenoxy) is 1. The monoisotopic (exact) mass is 356 g/mol. The van der Waals surface area contributed by atoms with Crippen LogP contribution in [0.4, 0.5) is 14.6 Å². The Balaban J connectivity index is 1.63. The van der Waals surface area contributed by atoms with Crippen molar-refractivity contribution in [2.75, 3.05) is 31.2 Å². The summed E-state index contributed by atoms with van der Waals surface area (Å²) in [6, 6.07) is 7.39. The summed E-state index contributed by atoms with van der Waals surface area (Å²) in [5, 5.41) is 4.36. The summed E-state index contributed by atoms with van der Waals surface area (Å²) in [5.41, 5.74) is 2.70. The second kappa shape index (κ2) is 6.84. The van der Waals surface area contributed by atoms with Gasteiger partial charge in [-0.1, -0.05) is 0 Å². The fourth-order valence-corrected chi connectivity index (χ4v) is 3.06. The third-order valence-corrected chi connectivity index (χ3v) is 4.45. The first-order chi connectivity index (χ1) is 12.6. The van der Waals surface area contributed by atoms with Gasteiger partial charge >= 0.3 is 0 Å². The molecule has 0 atom stereocenters. The summed E-state index contributed by atoms with van der Waals surface area (Å²) >= 11 is 0. The molecule has 4 rings (SSSR count). The van der Waals surface area contributed by atoms with E-state index in [0.29, 0.717) is 13.2 Å². The van der Waals surface area contributed by atoms with Crippen LogP contribution in [0, 0.1) is 18.6 Å². The minimum absolute atomic E-state index is 0.207. The SMILES string of the molecule is Cc1nn(-c2ccc(F)cc2F)cc1-c1ccc(N2CCOCC2)nc1.